The first-order valence-corrected chi connectivity index (χ1v) is 13.6. The highest BCUT2D eigenvalue weighted by atomic mass is 16.5. The average molecular weight is 455 g/mol. The Bertz CT molecular complexity index is 862. The van der Waals surface area contributed by atoms with Gasteiger partial charge in [-0.1, -0.05) is 13.0 Å². The molecular weight excluding hydrogens is 408 g/mol. The molecule has 0 aliphatic heterocycles. The van der Waals surface area contributed by atoms with Crippen LogP contribution in [0.2, 0.25) is 0 Å². The van der Waals surface area contributed by atoms with Crippen molar-refractivity contribution in [3.63, 3.8) is 0 Å². The lowest BCUT2D eigenvalue weighted by molar-refractivity contribution is -0.127. The summed E-state index contributed by atoms with van der Waals surface area (Å²) in [6.45, 7) is 12.6. The lowest BCUT2D eigenvalue weighted by atomic mass is 9.44. The zero-order valence-electron chi connectivity index (χ0n) is 21.4. The fourth-order valence-corrected chi connectivity index (χ4v) is 9.82. The molecule has 4 nitrogen and oxygen atoms in total. The maximum absolute atomic E-state index is 11.7. The molecule has 9 atom stereocenters. The van der Waals surface area contributed by atoms with E-state index in [4.69, 9.17) is 4.74 Å². The molecule has 4 aliphatic rings. The molecule has 4 aliphatic carbocycles. The Morgan fingerprint density at radius 1 is 1.18 bits per heavy atom. The van der Waals surface area contributed by atoms with Crippen LogP contribution in [-0.2, 0) is 11.3 Å². The summed E-state index contributed by atoms with van der Waals surface area (Å²) in [5, 5.41) is 16.2. The molecule has 33 heavy (non-hydrogen) atoms. The van der Waals surface area contributed by atoms with E-state index in [2.05, 4.69) is 44.7 Å². The van der Waals surface area contributed by atoms with Crippen molar-refractivity contribution in [2.45, 2.75) is 90.7 Å². The first-order chi connectivity index (χ1) is 15.7. The second-order valence-corrected chi connectivity index (χ2v) is 12.9. The minimum absolute atomic E-state index is 0.244. The second kappa shape index (κ2) is 8.52. The number of aromatic nitrogens is 2. The quantitative estimate of drug-likeness (QED) is 0.534. The summed E-state index contributed by atoms with van der Waals surface area (Å²) in [4.78, 5) is 0. The SMILES string of the molecule is C=C[C@]12CC[C@@H]3C(CC[C@@]4(C)C3CC[C@@H]4[C@@](C)(O)Cn3cc(C)cn3)[C@H]1CC[C@H](COC)C2. The summed E-state index contributed by atoms with van der Waals surface area (Å²) in [5.74, 6) is 4.28. The van der Waals surface area contributed by atoms with Crippen LogP contribution in [0.1, 0.15) is 77.2 Å². The molecule has 5 rings (SSSR count). The summed E-state index contributed by atoms with van der Waals surface area (Å²) in [6.07, 6.45) is 18.0. The van der Waals surface area contributed by atoms with Crippen LogP contribution in [0.4, 0.5) is 0 Å². The van der Waals surface area contributed by atoms with E-state index in [1.54, 1.807) is 0 Å². The first-order valence-electron chi connectivity index (χ1n) is 13.6. The van der Waals surface area contributed by atoms with Crippen LogP contribution in [0, 0.1) is 53.3 Å². The Hall–Kier alpha value is -1.13. The third kappa shape index (κ3) is 3.84. The van der Waals surface area contributed by atoms with E-state index in [-0.39, 0.29) is 5.41 Å². The highest BCUT2D eigenvalue weighted by Gasteiger charge is 2.62. The molecule has 184 valence electrons. The summed E-state index contributed by atoms with van der Waals surface area (Å²) in [7, 11) is 1.85. The van der Waals surface area contributed by atoms with Gasteiger partial charge in [-0.25, -0.2) is 0 Å². The summed E-state index contributed by atoms with van der Waals surface area (Å²) in [6, 6.07) is 0. The van der Waals surface area contributed by atoms with E-state index in [9.17, 15) is 5.11 Å². The molecule has 4 heteroatoms. The molecule has 1 N–H and O–H groups in total. The zero-order valence-corrected chi connectivity index (χ0v) is 21.4. The second-order valence-electron chi connectivity index (χ2n) is 12.9. The van der Waals surface area contributed by atoms with E-state index in [1.165, 1.54) is 51.4 Å². The molecule has 0 aromatic carbocycles. The van der Waals surface area contributed by atoms with Crippen molar-refractivity contribution in [2.75, 3.05) is 13.7 Å². The van der Waals surface area contributed by atoms with E-state index in [0.29, 0.717) is 23.8 Å². The van der Waals surface area contributed by atoms with Crippen molar-refractivity contribution in [3.05, 3.63) is 30.6 Å². The number of methoxy groups -OCH3 is 1. The molecule has 0 bridgehead atoms. The Kier molecular flexibility index (Phi) is 6.09. The van der Waals surface area contributed by atoms with Gasteiger partial charge in [0.25, 0.3) is 0 Å². The van der Waals surface area contributed by atoms with E-state index < -0.39 is 5.60 Å². The Labute approximate surface area is 201 Å². The maximum atomic E-state index is 11.7. The number of aryl methyl sites for hydroxylation is 1. The standard InChI is InChI=1S/C29H46N2O2/c1-6-29-14-12-22-23(25(29)8-7-21(15-29)18-33-5)11-13-27(3)24(22)9-10-26(27)28(4,32)19-31-17-20(2)16-30-31/h6,16-17,21-26,32H,1,7-15,18-19H2,2-5H3/t21-,22+,23?,24?,25+,26-,27-,28-,29+/m0/s1. The number of hydrogen-bond donors (Lipinski definition) is 1. The number of aliphatic hydroxyl groups is 1. The van der Waals surface area contributed by atoms with Crippen LogP contribution in [0.25, 0.3) is 0 Å². The minimum atomic E-state index is -0.716. The van der Waals surface area contributed by atoms with Gasteiger partial charge in [-0.05, 0) is 124 Å². The smallest absolute Gasteiger partial charge is 0.0848 e. The van der Waals surface area contributed by atoms with Gasteiger partial charge >= 0.3 is 0 Å². The number of hydrogen-bond acceptors (Lipinski definition) is 3. The number of nitrogens with zero attached hydrogens (tertiary/aromatic N) is 2. The van der Waals surface area contributed by atoms with Crippen molar-refractivity contribution >= 4 is 0 Å². The summed E-state index contributed by atoms with van der Waals surface area (Å²) >= 11 is 0. The van der Waals surface area contributed by atoms with Crippen molar-refractivity contribution < 1.29 is 9.84 Å². The third-order valence-electron chi connectivity index (χ3n) is 11.0. The Morgan fingerprint density at radius 2 is 1.91 bits per heavy atom. The van der Waals surface area contributed by atoms with Gasteiger partial charge in [-0.15, -0.1) is 6.58 Å². The normalized spacial score (nSPS) is 44.4. The van der Waals surface area contributed by atoms with Crippen molar-refractivity contribution in [1.82, 2.24) is 9.78 Å². The molecule has 4 fully saturated rings. The van der Waals surface area contributed by atoms with E-state index in [1.807, 2.05) is 18.0 Å². The molecule has 0 radical (unpaired) electrons. The topological polar surface area (TPSA) is 47.3 Å². The van der Waals surface area contributed by atoms with Gasteiger partial charge in [0.1, 0.15) is 0 Å². The van der Waals surface area contributed by atoms with Crippen LogP contribution < -0.4 is 0 Å². The molecule has 0 spiro atoms. The number of allylic oxidation sites excluding steroid dienone is 1. The number of fused-ring (bicyclic) bond motifs is 5. The van der Waals surface area contributed by atoms with Crippen LogP contribution in [0.3, 0.4) is 0 Å². The van der Waals surface area contributed by atoms with Gasteiger partial charge in [-0.3, -0.25) is 4.68 Å². The van der Waals surface area contributed by atoms with Crippen molar-refractivity contribution in [1.29, 1.82) is 0 Å². The monoisotopic (exact) mass is 454 g/mol. The summed E-state index contributed by atoms with van der Waals surface area (Å²) < 4.78 is 7.50. The molecule has 4 saturated carbocycles. The molecule has 1 heterocycles. The number of rotatable bonds is 6. The largest absolute Gasteiger partial charge is 0.388 e. The van der Waals surface area contributed by atoms with Crippen LogP contribution in [0.15, 0.2) is 25.0 Å². The summed E-state index contributed by atoms with van der Waals surface area (Å²) in [5.41, 5.74) is 1.02. The third-order valence-corrected chi connectivity index (χ3v) is 11.0. The van der Waals surface area contributed by atoms with Gasteiger partial charge < -0.3 is 9.84 Å². The van der Waals surface area contributed by atoms with Crippen LogP contribution in [0.5, 0.6) is 0 Å². The lowest BCUT2D eigenvalue weighted by Gasteiger charge is -2.60. The van der Waals surface area contributed by atoms with Gasteiger partial charge in [0.05, 0.1) is 18.3 Å². The molecular formula is C29H46N2O2. The average Bonchev–Trinajstić information content (AvgIpc) is 3.35. The molecule has 1 aromatic heterocycles. The highest BCUT2D eigenvalue weighted by molar-refractivity contribution is 5.14. The maximum Gasteiger partial charge on any atom is 0.0848 e. The Balaban J connectivity index is 1.35. The fraction of sp³-hybridized carbons (Fsp3) is 0.828. The van der Waals surface area contributed by atoms with E-state index >= 15 is 0 Å². The van der Waals surface area contributed by atoms with Crippen molar-refractivity contribution in [3.8, 4) is 0 Å². The van der Waals surface area contributed by atoms with Gasteiger partial charge in [-0.2, -0.15) is 5.10 Å². The zero-order chi connectivity index (χ0) is 23.4. The van der Waals surface area contributed by atoms with Crippen LogP contribution >= 0.6 is 0 Å². The molecule has 0 amide bonds. The predicted molar refractivity (Wildman–Crippen MR) is 133 cm³/mol. The molecule has 2 unspecified atom stereocenters. The van der Waals surface area contributed by atoms with E-state index in [0.717, 1.165) is 42.3 Å². The van der Waals surface area contributed by atoms with Gasteiger partial charge in [0, 0.05) is 19.9 Å². The van der Waals surface area contributed by atoms with Crippen molar-refractivity contribution in [2.24, 2.45) is 46.3 Å². The predicted octanol–water partition coefficient (Wildman–Crippen LogP) is 6.03. The fourth-order valence-electron chi connectivity index (χ4n) is 9.82. The molecule has 1 aromatic rings. The lowest BCUT2D eigenvalue weighted by Crippen LogP contribution is -2.55. The molecule has 0 saturated heterocycles. The van der Waals surface area contributed by atoms with Gasteiger partial charge in [0.15, 0.2) is 0 Å². The number of ether oxygens (including phenoxy) is 1. The minimum Gasteiger partial charge on any atom is -0.388 e. The first kappa shape index (κ1) is 23.6. The van der Waals surface area contributed by atoms with Crippen LogP contribution in [-0.4, -0.2) is 34.2 Å². The highest BCUT2D eigenvalue weighted by Crippen LogP contribution is 2.68. The van der Waals surface area contributed by atoms with Gasteiger partial charge in [0.2, 0.25) is 0 Å². The Morgan fingerprint density at radius 3 is 2.61 bits per heavy atom.